The summed E-state index contributed by atoms with van der Waals surface area (Å²) < 4.78 is 42.4. The number of hydrogen-bond donors (Lipinski definition) is 1. The van der Waals surface area contributed by atoms with E-state index in [2.05, 4.69) is 20.5 Å². The fraction of sp³-hybridized carbons (Fsp3) is 0.238. The molecule has 0 atom stereocenters. The maximum absolute atomic E-state index is 13.3. The van der Waals surface area contributed by atoms with E-state index < -0.39 is 17.8 Å². The van der Waals surface area contributed by atoms with Crippen LogP contribution in [0.15, 0.2) is 42.5 Å². The lowest BCUT2D eigenvalue weighted by atomic mass is 10.2. The van der Waals surface area contributed by atoms with E-state index in [4.69, 9.17) is 0 Å². The van der Waals surface area contributed by atoms with Crippen molar-refractivity contribution in [3.8, 4) is 0 Å². The summed E-state index contributed by atoms with van der Waals surface area (Å²) in [6.45, 7) is 5.85. The largest absolute Gasteiger partial charge is 0.433 e. The maximum Gasteiger partial charge on any atom is 0.433 e. The van der Waals surface area contributed by atoms with Crippen LogP contribution < -0.4 is 5.32 Å². The van der Waals surface area contributed by atoms with Crippen LogP contribution in [0.3, 0.4) is 0 Å². The van der Waals surface area contributed by atoms with Gasteiger partial charge in [0.25, 0.3) is 5.91 Å². The van der Waals surface area contributed by atoms with Gasteiger partial charge in [0.15, 0.2) is 11.3 Å². The minimum Gasteiger partial charge on any atom is -0.321 e. The summed E-state index contributed by atoms with van der Waals surface area (Å²) >= 11 is 0. The van der Waals surface area contributed by atoms with Crippen molar-refractivity contribution in [2.75, 3.05) is 5.32 Å². The molecule has 0 spiro atoms. The highest BCUT2D eigenvalue weighted by Crippen LogP contribution is 2.30. The highest BCUT2D eigenvalue weighted by molar-refractivity contribution is 6.03. The van der Waals surface area contributed by atoms with Crippen LogP contribution in [-0.2, 0) is 12.7 Å². The molecular weight excluding hydrogens is 409 g/mol. The van der Waals surface area contributed by atoms with E-state index >= 15 is 0 Å². The maximum atomic E-state index is 13.3. The number of anilines is 1. The zero-order chi connectivity index (χ0) is 22.3. The van der Waals surface area contributed by atoms with Crippen molar-refractivity contribution in [2.45, 2.75) is 33.5 Å². The molecule has 0 aliphatic heterocycles. The molecule has 10 heteroatoms. The number of rotatable bonds is 4. The van der Waals surface area contributed by atoms with E-state index in [9.17, 15) is 18.0 Å². The van der Waals surface area contributed by atoms with Gasteiger partial charge in [-0.2, -0.15) is 23.4 Å². The van der Waals surface area contributed by atoms with Crippen molar-refractivity contribution in [1.82, 2.24) is 24.4 Å². The highest BCUT2D eigenvalue weighted by Gasteiger charge is 2.35. The van der Waals surface area contributed by atoms with Gasteiger partial charge < -0.3 is 5.32 Å². The summed E-state index contributed by atoms with van der Waals surface area (Å²) in [5.74, 6) is -0.625. The summed E-state index contributed by atoms with van der Waals surface area (Å²) in [6, 6.07) is 11.3. The van der Waals surface area contributed by atoms with E-state index in [1.54, 1.807) is 18.2 Å². The summed E-state index contributed by atoms with van der Waals surface area (Å²) in [7, 11) is 0. The average molecular weight is 428 g/mol. The molecule has 0 aliphatic carbocycles. The number of carbonyl (C=O) groups excluding carboxylic acids is 1. The number of aromatic nitrogens is 5. The summed E-state index contributed by atoms with van der Waals surface area (Å²) in [5, 5.41) is 10.9. The van der Waals surface area contributed by atoms with Crippen LogP contribution in [0.1, 0.15) is 38.8 Å². The minimum atomic E-state index is -4.62. The SMILES string of the molecule is Cc1cc(C(F)(F)F)n2nc(C(=O)Nc3cccc(Cn4nc(C)cc4C)c3)cc2n1. The molecule has 3 aromatic heterocycles. The van der Waals surface area contributed by atoms with Gasteiger partial charge in [0.2, 0.25) is 0 Å². The Balaban J connectivity index is 1.59. The van der Waals surface area contributed by atoms with E-state index in [1.165, 1.54) is 13.0 Å². The van der Waals surface area contributed by atoms with Crippen LogP contribution in [0.25, 0.3) is 5.65 Å². The Hall–Kier alpha value is -3.69. The molecular formula is C21H19F3N6O. The van der Waals surface area contributed by atoms with E-state index in [0.29, 0.717) is 16.7 Å². The number of amides is 1. The van der Waals surface area contributed by atoms with Crippen LogP contribution in [0.5, 0.6) is 0 Å². The minimum absolute atomic E-state index is 0.0456. The standard InChI is InChI=1S/C21H19F3N6O/c1-12-8-18(21(22,23)24)30-19(25-12)10-17(28-30)20(31)26-16-6-4-5-15(9-16)11-29-14(3)7-13(2)27-29/h4-10H,11H2,1-3H3,(H,26,31). The first-order valence-corrected chi connectivity index (χ1v) is 9.46. The Morgan fingerprint density at radius 3 is 2.48 bits per heavy atom. The molecule has 160 valence electrons. The Kier molecular flexibility index (Phi) is 5.00. The van der Waals surface area contributed by atoms with Crippen LogP contribution in [0, 0.1) is 20.8 Å². The van der Waals surface area contributed by atoms with Gasteiger partial charge in [0.05, 0.1) is 12.2 Å². The average Bonchev–Trinajstić information content (AvgIpc) is 3.23. The fourth-order valence-electron chi connectivity index (χ4n) is 3.36. The lowest BCUT2D eigenvalue weighted by Crippen LogP contribution is -2.16. The molecule has 0 bridgehead atoms. The van der Waals surface area contributed by atoms with Crippen LogP contribution in [-0.4, -0.2) is 30.3 Å². The first kappa shape index (κ1) is 20.6. The zero-order valence-corrected chi connectivity index (χ0v) is 17.0. The van der Waals surface area contributed by atoms with Crippen LogP contribution in [0.4, 0.5) is 18.9 Å². The number of nitrogens with zero attached hydrogens (tertiary/aromatic N) is 5. The van der Waals surface area contributed by atoms with Crippen molar-refractivity contribution in [2.24, 2.45) is 0 Å². The number of nitrogens with one attached hydrogen (secondary N) is 1. The number of halogens is 3. The van der Waals surface area contributed by atoms with E-state index in [1.807, 2.05) is 30.7 Å². The number of hydrogen-bond acceptors (Lipinski definition) is 4. The van der Waals surface area contributed by atoms with Crippen molar-refractivity contribution in [3.05, 3.63) is 76.5 Å². The topological polar surface area (TPSA) is 77.1 Å². The number of fused-ring (bicyclic) bond motifs is 1. The Morgan fingerprint density at radius 2 is 1.81 bits per heavy atom. The third-order valence-electron chi connectivity index (χ3n) is 4.70. The third-order valence-corrected chi connectivity index (χ3v) is 4.70. The predicted octanol–water partition coefficient (Wildman–Crippen LogP) is 4.17. The Bertz CT molecular complexity index is 1290. The molecule has 1 aromatic carbocycles. The second kappa shape index (κ2) is 7.53. The lowest BCUT2D eigenvalue weighted by Gasteiger charge is -2.09. The molecule has 0 fully saturated rings. The summed E-state index contributed by atoms with van der Waals surface area (Å²) in [4.78, 5) is 16.7. The molecule has 4 aromatic rings. The monoisotopic (exact) mass is 428 g/mol. The molecule has 0 saturated carbocycles. The second-order valence-electron chi connectivity index (χ2n) is 7.32. The van der Waals surface area contributed by atoms with Gasteiger partial charge in [0, 0.05) is 23.1 Å². The number of aryl methyl sites for hydroxylation is 3. The molecule has 0 aliphatic rings. The third kappa shape index (κ3) is 4.27. The van der Waals surface area contributed by atoms with Crippen molar-refractivity contribution >= 4 is 17.2 Å². The fourth-order valence-corrected chi connectivity index (χ4v) is 3.36. The van der Waals surface area contributed by atoms with Crippen molar-refractivity contribution in [1.29, 1.82) is 0 Å². The first-order chi connectivity index (χ1) is 14.6. The van der Waals surface area contributed by atoms with Gasteiger partial charge in [0.1, 0.15) is 5.69 Å². The summed E-state index contributed by atoms with van der Waals surface area (Å²) in [6.07, 6.45) is -4.62. The molecule has 7 nitrogen and oxygen atoms in total. The predicted molar refractivity (Wildman–Crippen MR) is 108 cm³/mol. The number of benzene rings is 1. The number of alkyl halides is 3. The molecule has 0 radical (unpaired) electrons. The highest BCUT2D eigenvalue weighted by atomic mass is 19.4. The van der Waals surface area contributed by atoms with E-state index in [0.717, 1.165) is 23.0 Å². The van der Waals surface area contributed by atoms with Gasteiger partial charge >= 0.3 is 6.18 Å². The van der Waals surface area contributed by atoms with Crippen molar-refractivity contribution in [3.63, 3.8) is 0 Å². The first-order valence-electron chi connectivity index (χ1n) is 9.46. The normalized spacial score (nSPS) is 11.8. The Labute approximate surface area is 175 Å². The zero-order valence-electron chi connectivity index (χ0n) is 17.0. The Morgan fingerprint density at radius 1 is 1.03 bits per heavy atom. The van der Waals surface area contributed by atoms with Crippen LogP contribution in [0.2, 0.25) is 0 Å². The van der Waals surface area contributed by atoms with E-state index in [-0.39, 0.29) is 17.0 Å². The smallest absolute Gasteiger partial charge is 0.321 e. The molecule has 1 amide bonds. The van der Waals surface area contributed by atoms with Gasteiger partial charge in [-0.25, -0.2) is 9.50 Å². The van der Waals surface area contributed by atoms with Gasteiger partial charge in [-0.1, -0.05) is 12.1 Å². The molecule has 31 heavy (non-hydrogen) atoms. The molecule has 1 N–H and O–H groups in total. The summed E-state index contributed by atoms with van der Waals surface area (Å²) in [5.41, 5.74) is 2.33. The van der Waals surface area contributed by atoms with Gasteiger partial charge in [-0.15, -0.1) is 0 Å². The van der Waals surface area contributed by atoms with Crippen molar-refractivity contribution < 1.29 is 18.0 Å². The molecule has 0 unspecified atom stereocenters. The van der Waals surface area contributed by atoms with Gasteiger partial charge in [-0.05, 0) is 50.6 Å². The molecule has 4 rings (SSSR count). The van der Waals surface area contributed by atoms with Crippen LogP contribution >= 0.6 is 0 Å². The number of carbonyl (C=O) groups is 1. The molecule has 0 saturated heterocycles. The molecule has 3 heterocycles. The van der Waals surface area contributed by atoms with Gasteiger partial charge in [-0.3, -0.25) is 9.48 Å². The lowest BCUT2D eigenvalue weighted by molar-refractivity contribution is -0.142. The second-order valence-corrected chi connectivity index (χ2v) is 7.32. The quantitative estimate of drug-likeness (QED) is 0.529.